The molecule has 0 N–H and O–H groups in total. The quantitative estimate of drug-likeness (QED) is 0.469. The van der Waals surface area contributed by atoms with Gasteiger partial charge in [0.2, 0.25) is 0 Å². The number of ether oxygens (including phenoxy) is 1. The first-order valence-electron chi connectivity index (χ1n) is 3.98. The highest BCUT2D eigenvalue weighted by Gasteiger charge is 2.26. The summed E-state index contributed by atoms with van der Waals surface area (Å²) in [5, 5.41) is 0. The third-order valence-corrected chi connectivity index (χ3v) is 2.24. The van der Waals surface area contributed by atoms with E-state index in [4.69, 9.17) is 20.4 Å². The van der Waals surface area contributed by atoms with Crippen molar-refractivity contribution in [2.24, 2.45) is 5.92 Å². The van der Waals surface area contributed by atoms with Crippen molar-refractivity contribution in [2.75, 3.05) is 0 Å². The molecule has 1 heterocycles. The maximum atomic E-state index is 5.83. The minimum absolute atomic E-state index is 0.143. The van der Waals surface area contributed by atoms with Gasteiger partial charge >= 0.3 is 0 Å². The summed E-state index contributed by atoms with van der Waals surface area (Å²) in [6, 6.07) is -0.232. The highest BCUT2D eigenvalue weighted by atomic mass is 16.5. The molecule has 1 saturated heterocycles. The molecule has 56 valence electrons. The van der Waals surface area contributed by atoms with E-state index in [2.05, 4.69) is 0 Å². The van der Waals surface area contributed by atoms with Crippen molar-refractivity contribution in [3.8, 4) is 0 Å². The summed E-state index contributed by atoms with van der Waals surface area (Å²) in [4.78, 5) is 0. The van der Waals surface area contributed by atoms with Crippen LogP contribution in [0.4, 0.5) is 0 Å². The Morgan fingerprint density at radius 1 is 1.55 bits per heavy atom. The van der Waals surface area contributed by atoms with Crippen LogP contribution in [0.2, 0.25) is 5.82 Å². The van der Waals surface area contributed by atoms with E-state index in [1.807, 2.05) is 19.9 Å². The zero-order chi connectivity index (χ0) is 8.43. The smallest absolute Gasteiger partial charge is 0.127 e. The van der Waals surface area contributed by atoms with Crippen LogP contribution >= 0.6 is 0 Å². The Balaban J connectivity index is 2.62. The van der Waals surface area contributed by atoms with E-state index in [1.54, 1.807) is 0 Å². The predicted octanol–water partition coefficient (Wildman–Crippen LogP) is 1.40. The first-order valence-corrected chi connectivity index (χ1v) is 3.98. The standard InChI is InChI=1S/C8H12B2O/c1-3-6-4-7(9)5(2)8(10)11-6/h3,5,7-8H,4H2,1-2H3/b6-3+/t5-,7+,8+/m1/s1. The second-order valence-corrected chi connectivity index (χ2v) is 3.06. The van der Waals surface area contributed by atoms with E-state index in [0.29, 0.717) is 0 Å². The lowest BCUT2D eigenvalue weighted by molar-refractivity contribution is 0.0900. The maximum Gasteiger partial charge on any atom is 0.127 e. The first kappa shape index (κ1) is 8.76. The van der Waals surface area contributed by atoms with Gasteiger partial charge in [0.15, 0.2) is 0 Å². The van der Waals surface area contributed by atoms with Crippen LogP contribution in [0, 0.1) is 5.92 Å². The molecule has 3 atom stereocenters. The van der Waals surface area contributed by atoms with Gasteiger partial charge in [0.1, 0.15) is 7.85 Å². The number of hydrogen-bond donors (Lipinski definition) is 0. The average Bonchev–Trinajstić information content (AvgIpc) is 1.99. The molecule has 0 saturated carbocycles. The Bertz CT molecular complexity index is 153. The molecule has 0 aromatic carbocycles. The zero-order valence-electron chi connectivity index (χ0n) is 7.08. The second-order valence-electron chi connectivity index (χ2n) is 3.06. The Morgan fingerprint density at radius 2 is 2.18 bits per heavy atom. The van der Waals surface area contributed by atoms with Crippen molar-refractivity contribution in [1.82, 2.24) is 0 Å². The van der Waals surface area contributed by atoms with Gasteiger partial charge in [0, 0.05) is 0 Å². The fourth-order valence-corrected chi connectivity index (χ4v) is 1.18. The summed E-state index contributed by atoms with van der Waals surface area (Å²) in [5.74, 6) is 1.31. The van der Waals surface area contributed by atoms with Crippen molar-refractivity contribution >= 4 is 15.7 Å². The molecule has 1 fully saturated rings. The van der Waals surface area contributed by atoms with E-state index >= 15 is 0 Å². The average molecular weight is 146 g/mol. The van der Waals surface area contributed by atoms with E-state index in [9.17, 15) is 0 Å². The van der Waals surface area contributed by atoms with Crippen LogP contribution in [0.1, 0.15) is 20.3 Å². The topological polar surface area (TPSA) is 9.23 Å². The van der Waals surface area contributed by atoms with Crippen LogP contribution in [0.25, 0.3) is 0 Å². The molecule has 4 radical (unpaired) electrons. The van der Waals surface area contributed by atoms with Gasteiger partial charge in [-0.05, 0) is 25.3 Å². The zero-order valence-corrected chi connectivity index (χ0v) is 7.08. The summed E-state index contributed by atoms with van der Waals surface area (Å²) in [5.41, 5.74) is 0. The van der Waals surface area contributed by atoms with E-state index in [0.717, 1.165) is 12.2 Å². The SMILES string of the molecule is [B][C@H]1C/C(=C\C)O[C@H]([B])[C@@H]1C. The maximum absolute atomic E-state index is 5.83. The molecule has 0 aromatic heterocycles. The monoisotopic (exact) mass is 146 g/mol. The van der Waals surface area contributed by atoms with E-state index < -0.39 is 0 Å². The normalized spacial score (nSPS) is 42.0. The summed E-state index contributed by atoms with van der Waals surface area (Å²) in [7, 11) is 11.5. The van der Waals surface area contributed by atoms with E-state index in [-0.39, 0.29) is 17.7 Å². The first-order chi connectivity index (χ1) is 5.15. The third kappa shape index (κ3) is 1.82. The van der Waals surface area contributed by atoms with Crippen molar-refractivity contribution in [1.29, 1.82) is 0 Å². The minimum atomic E-state index is -0.232. The summed E-state index contributed by atoms with van der Waals surface area (Å²) >= 11 is 0. The van der Waals surface area contributed by atoms with Crippen LogP contribution in [0.15, 0.2) is 11.8 Å². The van der Waals surface area contributed by atoms with Crippen LogP contribution < -0.4 is 0 Å². The molecule has 1 nitrogen and oxygen atoms in total. The highest BCUT2D eigenvalue weighted by Crippen LogP contribution is 2.33. The number of hydrogen-bond acceptors (Lipinski definition) is 1. The van der Waals surface area contributed by atoms with Gasteiger partial charge in [0.05, 0.1) is 19.6 Å². The second kappa shape index (κ2) is 3.38. The molecular formula is C8H12B2O. The van der Waals surface area contributed by atoms with Crippen LogP contribution in [0.3, 0.4) is 0 Å². The van der Waals surface area contributed by atoms with Crippen LogP contribution in [-0.4, -0.2) is 21.7 Å². The molecule has 11 heavy (non-hydrogen) atoms. The fraction of sp³-hybridized carbons (Fsp3) is 0.750. The number of rotatable bonds is 0. The van der Waals surface area contributed by atoms with Gasteiger partial charge in [-0.2, -0.15) is 0 Å². The van der Waals surface area contributed by atoms with Gasteiger partial charge in [-0.3, -0.25) is 0 Å². The molecule has 0 unspecified atom stereocenters. The Morgan fingerprint density at radius 3 is 2.64 bits per heavy atom. The van der Waals surface area contributed by atoms with Gasteiger partial charge < -0.3 is 4.74 Å². The van der Waals surface area contributed by atoms with Gasteiger partial charge in [-0.15, -0.1) is 0 Å². The molecule has 1 rings (SSSR count). The minimum Gasteiger partial charge on any atom is -0.505 e. The van der Waals surface area contributed by atoms with Crippen molar-refractivity contribution in [3.63, 3.8) is 0 Å². The van der Waals surface area contributed by atoms with Gasteiger partial charge in [-0.25, -0.2) is 0 Å². The Hall–Kier alpha value is -0.330. The predicted molar refractivity (Wildman–Crippen MR) is 47.7 cm³/mol. The van der Waals surface area contributed by atoms with Crippen LogP contribution in [-0.2, 0) is 4.74 Å². The van der Waals surface area contributed by atoms with E-state index in [1.165, 1.54) is 0 Å². The lowest BCUT2D eigenvalue weighted by atomic mass is 9.66. The summed E-state index contributed by atoms with van der Waals surface area (Å²) in [6.07, 6.45) is 2.73. The lowest BCUT2D eigenvalue weighted by Crippen LogP contribution is -2.31. The van der Waals surface area contributed by atoms with Crippen molar-refractivity contribution in [3.05, 3.63) is 11.8 Å². The molecule has 1 aliphatic heterocycles. The lowest BCUT2D eigenvalue weighted by Gasteiger charge is -2.35. The molecule has 0 amide bonds. The van der Waals surface area contributed by atoms with Crippen LogP contribution in [0.5, 0.6) is 0 Å². The van der Waals surface area contributed by atoms with Crippen molar-refractivity contribution < 1.29 is 4.74 Å². The molecule has 0 aliphatic carbocycles. The highest BCUT2D eigenvalue weighted by molar-refractivity contribution is 6.15. The fourth-order valence-electron chi connectivity index (χ4n) is 1.18. The van der Waals surface area contributed by atoms with Gasteiger partial charge in [0.25, 0.3) is 0 Å². The molecule has 3 heteroatoms. The Labute approximate surface area is 71.0 Å². The third-order valence-electron chi connectivity index (χ3n) is 2.24. The molecule has 0 spiro atoms. The molecule has 0 aromatic rings. The Kier molecular flexibility index (Phi) is 2.69. The summed E-state index contributed by atoms with van der Waals surface area (Å²) < 4.78 is 5.38. The van der Waals surface area contributed by atoms with Gasteiger partial charge in [-0.1, -0.05) is 12.7 Å². The molecular weight excluding hydrogens is 134 g/mol. The summed E-state index contributed by atoms with van der Waals surface area (Å²) in [6.45, 7) is 3.95. The molecule has 1 aliphatic rings. The largest absolute Gasteiger partial charge is 0.505 e. The molecule has 0 bridgehead atoms. The van der Waals surface area contributed by atoms with Crippen molar-refractivity contribution in [2.45, 2.75) is 32.1 Å². The number of allylic oxidation sites excluding steroid dienone is 2.